The molecule has 20 aromatic rings. The Balaban J connectivity index is 0.000000142. The highest BCUT2D eigenvalue weighted by molar-refractivity contribution is 7.86. The monoisotopic (exact) mass is 1600 g/mol. The van der Waals surface area contributed by atoms with E-state index in [2.05, 4.69) is 208 Å². The van der Waals surface area contributed by atoms with E-state index < -0.39 is 19.7 Å². The second kappa shape index (κ2) is 29.0. The van der Waals surface area contributed by atoms with Crippen molar-refractivity contribution in [3.63, 3.8) is 0 Å². The third-order valence-electron chi connectivity index (χ3n) is 24.4. The van der Waals surface area contributed by atoms with Gasteiger partial charge in [0.05, 0.1) is 39.2 Å². The van der Waals surface area contributed by atoms with Crippen LogP contribution in [0.25, 0.3) is 118 Å². The molecule has 17 aromatic carbocycles. The largest absolute Gasteiger partial charge is 0.309 e. The van der Waals surface area contributed by atoms with Crippen LogP contribution in [0.5, 0.6) is 0 Å². The first kappa shape index (κ1) is 71.9. The SMILES string of the molecule is O=P1(c2ccccc2)c2ccccc2N(c2ccc3c(c2)C2(c4ccccc4-c4ccccc42)c2cc(-c4nc(-c5ccccc5)nc(-c5ccccc5)n4)ccc2-3)c2ccccc21.O=P1(c2ccccc2)c2ccccc2N(c2ccc3c4ccc(-c5nc(-c6ccccc6)nc(-c6ccccc6)n5)cc4n(-c4ccccc4)c3c2)c2ccccc21. The summed E-state index contributed by atoms with van der Waals surface area (Å²) >= 11 is 0. The van der Waals surface area contributed by atoms with Crippen molar-refractivity contribution >= 4 is 102 Å². The molecule has 24 rings (SSSR count). The highest BCUT2D eigenvalue weighted by atomic mass is 31.2. The van der Waals surface area contributed by atoms with Crippen LogP contribution in [0, 0.1) is 0 Å². The lowest BCUT2D eigenvalue weighted by atomic mass is 9.70. The van der Waals surface area contributed by atoms with Gasteiger partial charge in [0.15, 0.2) is 49.2 Å². The van der Waals surface area contributed by atoms with E-state index in [-0.39, 0.29) is 0 Å². The minimum atomic E-state index is -3.22. The van der Waals surface area contributed by atoms with Gasteiger partial charge in [-0.25, -0.2) is 29.9 Å². The standard InChI is InChI=1S/C58H37N4OP.C51H34N5OP/c63-64(42-22-8-3-9-23-42)53-30-16-14-28-51(53)62(52-29-15-17-31-54(52)64)41-33-35-46-45-34-32-40(57-60-55(38-18-4-1-5-19-38)59-56(61-57)39-20-6-2-7-21-39)36-49(45)58(50(46)37-41)47-26-12-10-24-43(47)44-25-11-13-27-48(44)58;57-58(40-23-11-4-12-24-40)47-27-15-13-25-43(47)56(44-26-14-16-28-48(44)58)39-30-32-42-41-31-29-37(33-45(41)55(46(42)34-39)38-21-9-3-10-22-38)51-53-49(35-17-5-1-6-18-35)52-50(54-51)36-19-7-2-8-20-36/h1-37H;1-34H. The van der Waals surface area contributed by atoms with Crippen LogP contribution in [0.1, 0.15) is 22.3 Å². The first-order valence-electron chi connectivity index (χ1n) is 40.9. The second-order valence-electron chi connectivity index (χ2n) is 31.0. The smallest absolute Gasteiger partial charge is 0.175 e. The average Bonchev–Trinajstić information content (AvgIpc) is 1.49. The van der Waals surface area contributed by atoms with Crippen molar-refractivity contribution < 1.29 is 9.13 Å². The van der Waals surface area contributed by atoms with Gasteiger partial charge in [0, 0.05) is 93.0 Å². The van der Waals surface area contributed by atoms with Crippen LogP contribution < -0.4 is 41.6 Å². The molecule has 0 fully saturated rings. The molecule has 3 aromatic heterocycles. The van der Waals surface area contributed by atoms with Gasteiger partial charge in [-0.1, -0.05) is 334 Å². The van der Waals surface area contributed by atoms with Gasteiger partial charge in [-0.2, -0.15) is 0 Å². The van der Waals surface area contributed by atoms with E-state index in [1.165, 1.54) is 44.5 Å². The molecule has 574 valence electrons. The Morgan fingerprint density at radius 1 is 0.213 bits per heavy atom. The van der Waals surface area contributed by atoms with Crippen LogP contribution in [0.3, 0.4) is 0 Å². The summed E-state index contributed by atoms with van der Waals surface area (Å²) in [5.74, 6) is 3.72. The summed E-state index contributed by atoms with van der Waals surface area (Å²) in [6.07, 6.45) is 0. The first-order chi connectivity index (χ1) is 60.3. The van der Waals surface area contributed by atoms with Gasteiger partial charge in [-0.05, 0) is 142 Å². The molecular weight excluding hydrogens is 1530 g/mol. The average molecular weight is 1600 g/mol. The summed E-state index contributed by atoms with van der Waals surface area (Å²) in [6, 6.07) is 148. The Labute approximate surface area is 705 Å². The van der Waals surface area contributed by atoms with Gasteiger partial charge < -0.3 is 23.5 Å². The molecule has 11 nitrogen and oxygen atoms in total. The van der Waals surface area contributed by atoms with Gasteiger partial charge in [0.1, 0.15) is 0 Å². The number of hydrogen-bond acceptors (Lipinski definition) is 10. The number of aromatic nitrogens is 7. The van der Waals surface area contributed by atoms with E-state index in [1.54, 1.807) is 0 Å². The molecule has 2 aliphatic carbocycles. The van der Waals surface area contributed by atoms with E-state index in [4.69, 9.17) is 29.9 Å². The number of fused-ring (bicyclic) bond motifs is 17. The van der Waals surface area contributed by atoms with Crippen molar-refractivity contribution in [2.24, 2.45) is 0 Å². The van der Waals surface area contributed by atoms with Gasteiger partial charge >= 0.3 is 0 Å². The fraction of sp³-hybridized carbons (Fsp3) is 0.00917. The molecule has 0 radical (unpaired) electrons. The lowest BCUT2D eigenvalue weighted by molar-refractivity contribution is 0.591. The fourth-order valence-electron chi connectivity index (χ4n) is 19.0. The van der Waals surface area contributed by atoms with Crippen LogP contribution in [-0.2, 0) is 14.5 Å². The Kier molecular flexibility index (Phi) is 17.1. The van der Waals surface area contributed by atoms with Crippen LogP contribution in [-0.4, -0.2) is 34.5 Å². The molecule has 5 heterocycles. The van der Waals surface area contributed by atoms with Crippen molar-refractivity contribution in [3.05, 3.63) is 453 Å². The molecule has 1 spiro atoms. The molecule has 0 saturated heterocycles. The molecule has 0 saturated carbocycles. The fourth-order valence-corrected chi connectivity index (χ4v) is 25.0. The Hall–Kier alpha value is -15.4. The highest BCUT2D eigenvalue weighted by Crippen LogP contribution is 2.65. The summed E-state index contributed by atoms with van der Waals surface area (Å²) in [5.41, 5.74) is 23.3. The van der Waals surface area contributed by atoms with Crippen LogP contribution in [0.2, 0.25) is 0 Å². The Morgan fingerprint density at radius 2 is 0.500 bits per heavy atom. The summed E-state index contributed by atoms with van der Waals surface area (Å²) in [7, 11) is -6.40. The number of nitrogens with zero attached hydrogens (tertiary/aromatic N) is 9. The van der Waals surface area contributed by atoms with Gasteiger partial charge in [-0.3, -0.25) is 0 Å². The zero-order valence-electron chi connectivity index (χ0n) is 65.7. The third kappa shape index (κ3) is 11.3. The molecular formula is C109H71N9O2P2. The predicted molar refractivity (Wildman–Crippen MR) is 498 cm³/mol. The summed E-state index contributed by atoms with van der Waals surface area (Å²) in [5, 5.41) is 7.22. The zero-order chi connectivity index (χ0) is 81.0. The Bertz CT molecular complexity index is 7400. The maximum absolute atomic E-state index is 15.8. The van der Waals surface area contributed by atoms with Crippen LogP contribution >= 0.6 is 14.3 Å². The van der Waals surface area contributed by atoms with E-state index in [9.17, 15) is 0 Å². The van der Waals surface area contributed by atoms with Gasteiger partial charge in [0.2, 0.25) is 0 Å². The van der Waals surface area contributed by atoms with Crippen LogP contribution in [0.4, 0.5) is 34.1 Å². The molecule has 0 unspecified atom stereocenters. The van der Waals surface area contributed by atoms with Crippen molar-refractivity contribution in [3.8, 4) is 96.3 Å². The lowest BCUT2D eigenvalue weighted by Crippen LogP contribution is -2.36. The van der Waals surface area contributed by atoms with Crippen molar-refractivity contribution in [1.29, 1.82) is 0 Å². The van der Waals surface area contributed by atoms with Gasteiger partial charge in [-0.15, -0.1) is 0 Å². The van der Waals surface area contributed by atoms with Crippen molar-refractivity contribution in [2.75, 3.05) is 9.80 Å². The third-order valence-corrected chi connectivity index (χ3v) is 30.6. The van der Waals surface area contributed by atoms with E-state index in [1.807, 2.05) is 237 Å². The number of hydrogen-bond donors (Lipinski definition) is 0. The topological polar surface area (TPSA) is 123 Å². The van der Waals surface area contributed by atoms with Gasteiger partial charge in [0.25, 0.3) is 0 Å². The predicted octanol–water partition coefficient (Wildman–Crippen LogP) is 24.0. The molecule has 0 atom stereocenters. The molecule has 2 aliphatic heterocycles. The van der Waals surface area contributed by atoms with E-state index in [0.29, 0.717) is 34.9 Å². The highest BCUT2D eigenvalue weighted by Gasteiger charge is 2.53. The molecule has 0 N–H and O–H groups in total. The number of benzene rings is 17. The summed E-state index contributed by atoms with van der Waals surface area (Å²) < 4.78 is 33.6. The quantitative estimate of drug-likeness (QED) is 0.116. The maximum atomic E-state index is 15.8. The summed E-state index contributed by atoms with van der Waals surface area (Å²) in [6.45, 7) is 0. The zero-order valence-corrected chi connectivity index (χ0v) is 67.5. The first-order valence-corrected chi connectivity index (χ1v) is 44.4. The van der Waals surface area contributed by atoms with E-state index in [0.717, 1.165) is 127 Å². The summed E-state index contributed by atoms with van der Waals surface area (Å²) in [4.78, 5) is 35.0. The molecule has 0 bridgehead atoms. The number of para-hydroxylation sites is 5. The van der Waals surface area contributed by atoms with Crippen LogP contribution in [0.15, 0.2) is 431 Å². The van der Waals surface area contributed by atoms with Crippen molar-refractivity contribution in [2.45, 2.75) is 5.41 Å². The number of anilines is 6. The molecule has 0 amide bonds. The molecule has 4 aliphatic rings. The minimum Gasteiger partial charge on any atom is -0.309 e. The molecule has 13 heteroatoms. The number of rotatable bonds is 11. The minimum absolute atomic E-state index is 0.601. The lowest BCUT2D eigenvalue weighted by Gasteiger charge is -2.38. The Morgan fingerprint density at radius 3 is 0.918 bits per heavy atom. The molecule has 122 heavy (non-hydrogen) atoms. The maximum Gasteiger partial charge on any atom is 0.175 e. The van der Waals surface area contributed by atoms with E-state index >= 15 is 9.13 Å². The normalized spacial score (nSPS) is 13.6. The second-order valence-corrected chi connectivity index (χ2v) is 36.4. The van der Waals surface area contributed by atoms with Crippen molar-refractivity contribution in [1.82, 2.24) is 34.5 Å².